The molecule has 4 nitrogen and oxygen atoms in total. The average molecular weight is 271 g/mol. The van der Waals surface area contributed by atoms with Gasteiger partial charge in [-0.1, -0.05) is 20.3 Å². The van der Waals surface area contributed by atoms with E-state index in [1.165, 1.54) is 19.3 Å². The Kier molecular flexibility index (Phi) is 5.63. The lowest BCUT2D eigenvalue weighted by Crippen LogP contribution is -2.42. The van der Waals surface area contributed by atoms with Gasteiger partial charge in [-0.25, -0.2) is 0 Å². The highest BCUT2D eigenvalue weighted by atomic mass is 16.5. The molecule has 2 rings (SSSR count). The molecule has 0 bridgehead atoms. The van der Waals surface area contributed by atoms with E-state index in [0.29, 0.717) is 31.2 Å². The van der Waals surface area contributed by atoms with Crippen LogP contribution in [0.3, 0.4) is 0 Å². The molecule has 2 aliphatic rings. The van der Waals surface area contributed by atoms with Crippen LogP contribution >= 0.6 is 0 Å². The van der Waals surface area contributed by atoms with Gasteiger partial charge in [0.05, 0.1) is 25.4 Å². The van der Waals surface area contributed by atoms with Crippen LogP contribution in [0, 0.1) is 5.41 Å². The van der Waals surface area contributed by atoms with E-state index in [9.17, 15) is 5.11 Å². The Morgan fingerprint density at radius 2 is 2.21 bits per heavy atom. The second-order valence-corrected chi connectivity index (χ2v) is 6.67. The maximum atomic E-state index is 9.93. The highest BCUT2D eigenvalue weighted by molar-refractivity contribution is 4.90. The molecule has 0 spiro atoms. The van der Waals surface area contributed by atoms with Crippen molar-refractivity contribution in [3.05, 3.63) is 0 Å². The van der Waals surface area contributed by atoms with Gasteiger partial charge in [-0.15, -0.1) is 0 Å². The zero-order chi connectivity index (χ0) is 13.7. The van der Waals surface area contributed by atoms with Crippen molar-refractivity contribution in [1.29, 1.82) is 0 Å². The Bertz CT molecular complexity index is 264. The molecule has 0 radical (unpaired) electrons. The van der Waals surface area contributed by atoms with Crippen LogP contribution in [0.2, 0.25) is 0 Å². The second-order valence-electron chi connectivity index (χ2n) is 6.67. The minimum absolute atomic E-state index is 0.244. The van der Waals surface area contributed by atoms with Gasteiger partial charge in [0, 0.05) is 19.2 Å². The molecule has 2 N–H and O–H groups in total. The Balaban J connectivity index is 1.55. The fourth-order valence-corrected chi connectivity index (χ4v) is 3.15. The van der Waals surface area contributed by atoms with Crippen LogP contribution in [0.4, 0.5) is 0 Å². The van der Waals surface area contributed by atoms with Crippen molar-refractivity contribution in [1.82, 2.24) is 5.32 Å². The molecule has 2 fully saturated rings. The second kappa shape index (κ2) is 7.02. The molecular formula is C15H29NO3. The van der Waals surface area contributed by atoms with Crippen LogP contribution in [-0.2, 0) is 9.47 Å². The Morgan fingerprint density at radius 3 is 2.84 bits per heavy atom. The highest BCUT2D eigenvalue weighted by Crippen LogP contribution is 2.37. The third kappa shape index (κ3) is 4.71. The summed E-state index contributed by atoms with van der Waals surface area (Å²) >= 11 is 0. The summed E-state index contributed by atoms with van der Waals surface area (Å²) in [7, 11) is 0. The summed E-state index contributed by atoms with van der Waals surface area (Å²) in [6, 6.07) is 0.528. The van der Waals surface area contributed by atoms with Crippen LogP contribution in [0.15, 0.2) is 0 Å². The van der Waals surface area contributed by atoms with Gasteiger partial charge in [0.15, 0.2) is 0 Å². The largest absolute Gasteiger partial charge is 0.389 e. The van der Waals surface area contributed by atoms with Crippen molar-refractivity contribution in [2.75, 3.05) is 26.4 Å². The van der Waals surface area contributed by atoms with Crippen molar-refractivity contribution in [2.45, 2.75) is 64.2 Å². The first-order chi connectivity index (χ1) is 9.08. The summed E-state index contributed by atoms with van der Waals surface area (Å²) in [5, 5.41) is 13.4. The minimum atomic E-state index is -0.419. The standard InChI is InChI=1S/C15H29NO3/c1-15(2)7-3-6-14(15)16-9-12(17)10-18-11-13-5-4-8-19-13/h12-14,16-17H,3-11H2,1-2H3. The van der Waals surface area contributed by atoms with Crippen molar-refractivity contribution in [3.63, 3.8) is 0 Å². The van der Waals surface area contributed by atoms with E-state index in [1.807, 2.05) is 0 Å². The van der Waals surface area contributed by atoms with Crippen LogP contribution < -0.4 is 5.32 Å². The summed E-state index contributed by atoms with van der Waals surface area (Å²) in [6.45, 7) is 7.11. The topological polar surface area (TPSA) is 50.7 Å². The monoisotopic (exact) mass is 271 g/mol. The molecule has 3 unspecified atom stereocenters. The Labute approximate surface area is 116 Å². The lowest BCUT2D eigenvalue weighted by molar-refractivity contribution is -0.0175. The number of hydrogen-bond donors (Lipinski definition) is 2. The lowest BCUT2D eigenvalue weighted by atomic mass is 9.87. The molecule has 0 aromatic rings. The third-order valence-electron chi connectivity index (χ3n) is 4.50. The van der Waals surface area contributed by atoms with Gasteiger partial charge in [-0.05, 0) is 31.1 Å². The number of aliphatic hydroxyl groups excluding tert-OH is 1. The van der Waals surface area contributed by atoms with Crippen molar-refractivity contribution in [3.8, 4) is 0 Å². The van der Waals surface area contributed by atoms with Crippen LogP contribution in [0.1, 0.15) is 46.0 Å². The number of hydrogen-bond acceptors (Lipinski definition) is 4. The SMILES string of the molecule is CC1(C)CCCC1NCC(O)COCC1CCCO1. The molecule has 1 saturated carbocycles. The van der Waals surface area contributed by atoms with Gasteiger partial charge in [0.2, 0.25) is 0 Å². The van der Waals surface area contributed by atoms with Crippen LogP contribution in [0.25, 0.3) is 0 Å². The lowest BCUT2D eigenvalue weighted by Gasteiger charge is -2.29. The molecule has 1 aliphatic carbocycles. The summed E-state index contributed by atoms with van der Waals surface area (Å²) in [4.78, 5) is 0. The van der Waals surface area contributed by atoms with E-state index in [2.05, 4.69) is 19.2 Å². The molecule has 1 saturated heterocycles. The molecule has 4 heteroatoms. The zero-order valence-corrected chi connectivity index (χ0v) is 12.4. The van der Waals surface area contributed by atoms with Gasteiger partial charge >= 0.3 is 0 Å². The summed E-state index contributed by atoms with van der Waals surface area (Å²) in [5.41, 5.74) is 0.359. The summed E-state index contributed by atoms with van der Waals surface area (Å²) in [5.74, 6) is 0. The average Bonchev–Trinajstić information content (AvgIpc) is 2.96. The van der Waals surface area contributed by atoms with Crippen molar-refractivity contribution < 1.29 is 14.6 Å². The summed E-state index contributed by atoms with van der Waals surface area (Å²) < 4.78 is 11.0. The Hall–Kier alpha value is -0.160. The van der Waals surface area contributed by atoms with Gasteiger partial charge in [-0.3, -0.25) is 0 Å². The molecule has 112 valence electrons. The van der Waals surface area contributed by atoms with E-state index in [4.69, 9.17) is 9.47 Å². The fraction of sp³-hybridized carbons (Fsp3) is 1.00. The third-order valence-corrected chi connectivity index (χ3v) is 4.50. The molecule has 0 aromatic heterocycles. The zero-order valence-electron chi connectivity index (χ0n) is 12.4. The van der Waals surface area contributed by atoms with E-state index in [-0.39, 0.29) is 6.10 Å². The Morgan fingerprint density at radius 1 is 1.37 bits per heavy atom. The minimum Gasteiger partial charge on any atom is -0.389 e. The first-order valence-corrected chi connectivity index (χ1v) is 7.69. The maximum absolute atomic E-state index is 9.93. The molecule has 0 aromatic carbocycles. The number of aliphatic hydroxyl groups is 1. The highest BCUT2D eigenvalue weighted by Gasteiger charge is 2.34. The first kappa shape index (κ1) is 15.2. The molecule has 3 atom stereocenters. The molecule has 19 heavy (non-hydrogen) atoms. The molecule has 0 amide bonds. The fourth-order valence-electron chi connectivity index (χ4n) is 3.15. The number of nitrogens with one attached hydrogen (secondary N) is 1. The van der Waals surface area contributed by atoms with Crippen LogP contribution in [-0.4, -0.2) is 49.7 Å². The predicted octanol–water partition coefficient (Wildman–Crippen LogP) is 1.71. The van der Waals surface area contributed by atoms with Gasteiger partial charge in [-0.2, -0.15) is 0 Å². The molecule has 1 aliphatic heterocycles. The van der Waals surface area contributed by atoms with Gasteiger partial charge in [0.25, 0.3) is 0 Å². The van der Waals surface area contributed by atoms with Crippen LogP contribution in [0.5, 0.6) is 0 Å². The van der Waals surface area contributed by atoms with Crippen molar-refractivity contribution >= 4 is 0 Å². The predicted molar refractivity (Wildman–Crippen MR) is 75.2 cm³/mol. The van der Waals surface area contributed by atoms with E-state index in [1.54, 1.807) is 0 Å². The van der Waals surface area contributed by atoms with E-state index in [0.717, 1.165) is 19.4 Å². The van der Waals surface area contributed by atoms with Gasteiger partial charge in [0.1, 0.15) is 0 Å². The number of rotatable bonds is 7. The molecular weight excluding hydrogens is 242 g/mol. The summed E-state index contributed by atoms with van der Waals surface area (Å²) in [6.07, 6.45) is 5.83. The smallest absolute Gasteiger partial charge is 0.0897 e. The maximum Gasteiger partial charge on any atom is 0.0897 e. The van der Waals surface area contributed by atoms with Crippen molar-refractivity contribution in [2.24, 2.45) is 5.41 Å². The molecule has 1 heterocycles. The normalized spacial score (nSPS) is 31.7. The quantitative estimate of drug-likeness (QED) is 0.740. The first-order valence-electron chi connectivity index (χ1n) is 7.69. The van der Waals surface area contributed by atoms with E-state index < -0.39 is 6.10 Å². The number of ether oxygens (including phenoxy) is 2. The van der Waals surface area contributed by atoms with E-state index >= 15 is 0 Å². The van der Waals surface area contributed by atoms with Gasteiger partial charge < -0.3 is 19.9 Å².